The predicted octanol–water partition coefficient (Wildman–Crippen LogP) is 4.04. The van der Waals surface area contributed by atoms with E-state index in [4.69, 9.17) is 28.6 Å². The predicted molar refractivity (Wildman–Crippen MR) is 116 cm³/mol. The molecule has 0 saturated carbocycles. The lowest BCUT2D eigenvalue weighted by molar-refractivity contribution is -0.114. The number of nitrogens with one attached hydrogen (secondary N) is 3. The fourth-order valence-electron chi connectivity index (χ4n) is 2.37. The molecule has 1 heterocycles. The van der Waals surface area contributed by atoms with Gasteiger partial charge in [-0.1, -0.05) is 22.9 Å². The summed E-state index contributed by atoms with van der Waals surface area (Å²) < 4.78 is 5.93. The van der Waals surface area contributed by atoms with Gasteiger partial charge in [-0.15, -0.1) is 0 Å². The highest BCUT2D eigenvalue weighted by Gasteiger charge is 2.12. The zero-order valence-electron chi connectivity index (χ0n) is 14.8. The molecule has 0 fully saturated rings. The number of thiazole rings is 1. The van der Waals surface area contributed by atoms with Gasteiger partial charge in [-0.2, -0.15) is 0 Å². The molecule has 0 aliphatic carbocycles. The molecular weight excluding hydrogens is 420 g/mol. The minimum Gasteiger partial charge on any atom is -0.495 e. The van der Waals surface area contributed by atoms with Crippen LogP contribution in [0.4, 0.5) is 10.8 Å². The Balaban J connectivity index is 1.68. The van der Waals surface area contributed by atoms with Crippen LogP contribution in [0.2, 0.25) is 5.02 Å². The molecule has 2 aromatic carbocycles. The summed E-state index contributed by atoms with van der Waals surface area (Å²) in [5.41, 5.74) is 1.78. The number of rotatable bonds is 4. The topological polar surface area (TPSA) is 92.3 Å². The highest BCUT2D eigenvalue weighted by molar-refractivity contribution is 7.80. The average molecular weight is 435 g/mol. The van der Waals surface area contributed by atoms with Crippen molar-refractivity contribution in [1.29, 1.82) is 0 Å². The lowest BCUT2D eigenvalue weighted by Crippen LogP contribution is -2.34. The number of ether oxygens (including phenoxy) is 1. The fraction of sp³-hybridized carbons (Fsp3) is 0.111. The molecule has 0 atom stereocenters. The number of fused-ring (bicyclic) bond motifs is 1. The molecule has 3 aromatic rings. The number of methoxy groups -OCH3 is 1. The molecule has 144 valence electrons. The highest BCUT2D eigenvalue weighted by Crippen LogP contribution is 2.28. The number of amides is 2. The normalized spacial score (nSPS) is 10.4. The first-order valence-corrected chi connectivity index (χ1v) is 9.60. The Hall–Kier alpha value is -2.75. The van der Waals surface area contributed by atoms with Crippen molar-refractivity contribution in [3.05, 3.63) is 47.0 Å². The van der Waals surface area contributed by atoms with Crippen molar-refractivity contribution in [2.75, 3.05) is 17.7 Å². The summed E-state index contributed by atoms with van der Waals surface area (Å²) in [6.45, 7) is 1.45. The molecule has 3 rings (SSSR count). The van der Waals surface area contributed by atoms with Gasteiger partial charge in [0.1, 0.15) is 5.75 Å². The SMILES string of the molecule is COc1ccc(C(=O)NC(=S)Nc2nc3ccc(NC(C)=O)cc3s2)cc1Cl. The van der Waals surface area contributed by atoms with Gasteiger partial charge in [0.05, 0.1) is 22.3 Å². The fourth-order valence-corrected chi connectivity index (χ4v) is 3.79. The Kier molecular flexibility index (Phi) is 6.08. The quantitative estimate of drug-likeness (QED) is 0.536. The van der Waals surface area contributed by atoms with Gasteiger partial charge in [0, 0.05) is 18.2 Å². The number of halogens is 1. The van der Waals surface area contributed by atoms with E-state index in [9.17, 15) is 9.59 Å². The maximum Gasteiger partial charge on any atom is 0.257 e. The summed E-state index contributed by atoms with van der Waals surface area (Å²) in [7, 11) is 1.50. The van der Waals surface area contributed by atoms with Crippen molar-refractivity contribution in [2.45, 2.75) is 6.92 Å². The lowest BCUT2D eigenvalue weighted by Gasteiger charge is -2.08. The van der Waals surface area contributed by atoms with Gasteiger partial charge >= 0.3 is 0 Å². The largest absolute Gasteiger partial charge is 0.495 e. The van der Waals surface area contributed by atoms with Gasteiger partial charge in [0.2, 0.25) is 5.91 Å². The summed E-state index contributed by atoms with van der Waals surface area (Å²) in [6.07, 6.45) is 0. The molecule has 2 amide bonds. The zero-order valence-corrected chi connectivity index (χ0v) is 17.2. The molecule has 0 unspecified atom stereocenters. The number of anilines is 2. The number of hydrogen-bond acceptors (Lipinski definition) is 6. The van der Waals surface area contributed by atoms with Crippen molar-refractivity contribution in [1.82, 2.24) is 10.3 Å². The number of aromatic nitrogens is 1. The van der Waals surface area contributed by atoms with Crippen LogP contribution in [0.3, 0.4) is 0 Å². The summed E-state index contributed by atoms with van der Waals surface area (Å²) in [4.78, 5) is 27.9. The van der Waals surface area contributed by atoms with Crippen molar-refractivity contribution >= 4 is 73.1 Å². The van der Waals surface area contributed by atoms with Gasteiger partial charge in [0.15, 0.2) is 10.2 Å². The molecule has 28 heavy (non-hydrogen) atoms. The van der Waals surface area contributed by atoms with Gasteiger partial charge in [0.25, 0.3) is 5.91 Å². The number of carbonyl (C=O) groups is 2. The van der Waals surface area contributed by atoms with Crippen molar-refractivity contribution in [2.24, 2.45) is 0 Å². The second-order valence-corrected chi connectivity index (χ2v) is 7.49. The standard InChI is InChI=1S/C18H15ClN4O3S2/c1-9(24)20-11-4-5-13-15(8-11)28-18(21-13)23-17(27)22-16(25)10-3-6-14(26-2)12(19)7-10/h3-8H,1-2H3,(H,20,24)(H2,21,22,23,25,27). The van der Waals surface area contributed by atoms with Crippen LogP contribution in [0.25, 0.3) is 10.2 Å². The molecule has 3 N–H and O–H groups in total. The third kappa shape index (κ3) is 4.75. The van der Waals surface area contributed by atoms with Crippen LogP contribution in [0.15, 0.2) is 36.4 Å². The molecule has 1 aromatic heterocycles. The Morgan fingerprint density at radius 1 is 1.18 bits per heavy atom. The second-order valence-electron chi connectivity index (χ2n) is 5.64. The Morgan fingerprint density at radius 2 is 1.96 bits per heavy atom. The van der Waals surface area contributed by atoms with E-state index in [1.165, 1.54) is 31.4 Å². The van der Waals surface area contributed by atoms with Crippen LogP contribution in [0.1, 0.15) is 17.3 Å². The Morgan fingerprint density at radius 3 is 2.64 bits per heavy atom. The van der Waals surface area contributed by atoms with E-state index >= 15 is 0 Å². The van der Waals surface area contributed by atoms with Gasteiger partial charge in [-0.3, -0.25) is 14.9 Å². The summed E-state index contributed by atoms with van der Waals surface area (Å²) in [6, 6.07) is 10.1. The second kappa shape index (κ2) is 8.51. The van der Waals surface area contributed by atoms with E-state index in [2.05, 4.69) is 20.9 Å². The van der Waals surface area contributed by atoms with Gasteiger partial charge in [-0.05, 0) is 48.6 Å². The van der Waals surface area contributed by atoms with Crippen LogP contribution in [0.5, 0.6) is 5.75 Å². The Bertz CT molecular complexity index is 1080. The summed E-state index contributed by atoms with van der Waals surface area (Å²) in [5, 5.41) is 9.15. The first kappa shape index (κ1) is 20.0. The minimum atomic E-state index is -0.406. The first-order valence-electron chi connectivity index (χ1n) is 8.00. The molecule has 0 aliphatic heterocycles. The Labute approximate surface area is 175 Å². The maximum absolute atomic E-state index is 12.3. The van der Waals surface area contributed by atoms with E-state index in [1.807, 2.05) is 6.07 Å². The van der Waals surface area contributed by atoms with Crippen molar-refractivity contribution in [3.63, 3.8) is 0 Å². The van der Waals surface area contributed by atoms with Crippen molar-refractivity contribution < 1.29 is 14.3 Å². The molecule has 0 spiro atoms. The average Bonchev–Trinajstić information content (AvgIpc) is 3.02. The number of thiocarbonyl (C=S) groups is 1. The maximum atomic E-state index is 12.3. The number of nitrogens with zero attached hydrogens (tertiary/aromatic N) is 1. The van der Waals surface area contributed by atoms with E-state index < -0.39 is 5.91 Å². The molecule has 0 aliphatic rings. The third-order valence-electron chi connectivity index (χ3n) is 3.57. The number of benzene rings is 2. The molecule has 7 nitrogen and oxygen atoms in total. The zero-order chi connectivity index (χ0) is 20.3. The van der Waals surface area contributed by atoms with E-state index in [-0.39, 0.29) is 11.0 Å². The van der Waals surface area contributed by atoms with Crippen LogP contribution >= 0.6 is 35.2 Å². The van der Waals surface area contributed by atoms with Crippen LogP contribution in [-0.4, -0.2) is 29.0 Å². The van der Waals surface area contributed by atoms with E-state index in [1.54, 1.807) is 24.3 Å². The van der Waals surface area contributed by atoms with E-state index in [0.717, 1.165) is 10.2 Å². The van der Waals surface area contributed by atoms with Crippen LogP contribution in [-0.2, 0) is 4.79 Å². The van der Waals surface area contributed by atoms with Crippen LogP contribution in [0, 0.1) is 0 Å². The molecule has 0 bridgehead atoms. The summed E-state index contributed by atoms with van der Waals surface area (Å²) >= 11 is 12.6. The highest BCUT2D eigenvalue weighted by atomic mass is 35.5. The van der Waals surface area contributed by atoms with Crippen molar-refractivity contribution in [3.8, 4) is 5.75 Å². The van der Waals surface area contributed by atoms with Gasteiger partial charge in [-0.25, -0.2) is 4.98 Å². The molecule has 10 heteroatoms. The number of carbonyl (C=O) groups excluding carboxylic acids is 2. The molecule has 0 saturated heterocycles. The number of hydrogen-bond donors (Lipinski definition) is 3. The monoisotopic (exact) mass is 434 g/mol. The van der Waals surface area contributed by atoms with Crippen LogP contribution < -0.4 is 20.7 Å². The molecule has 0 radical (unpaired) electrons. The third-order valence-corrected chi connectivity index (χ3v) is 5.00. The summed E-state index contributed by atoms with van der Waals surface area (Å²) in [5.74, 6) is -0.0760. The lowest BCUT2D eigenvalue weighted by atomic mass is 10.2. The molecular formula is C18H15ClN4O3S2. The van der Waals surface area contributed by atoms with E-state index in [0.29, 0.717) is 27.2 Å². The van der Waals surface area contributed by atoms with Gasteiger partial charge < -0.3 is 15.4 Å². The first-order chi connectivity index (χ1) is 13.4. The smallest absolute Gasteiger partial charge is 0.257 e. The minimum absolute atomic E-state index is 0.109.